The van der Waals surface area contributed by atoms with E-state index < -0.39 is 5.91 Å². The van der Waals surface area contributed by atoms with Crippen molar-refractivity contribution >= 4 is 11.6 Å². The van der Waals surface area contributed by atoms with Crippen LogP contribution in [0.3, 0.4) is 0 Å². The van der Waals surface area contributed by atoms with Gasteiger partial charge >= 0.3 is 0 Å². The van der Waals surface area contributed by atoms with Crippen molar-refractivity contribution in [3.63, 3.8) is 0 Å². The molecule has 6 heteroatoms. The fraction of sp³-hybridized carbons (Fsp3) is 0.250. The molecule has 0 saturated heterocycles. The Morgan fingerprint density at radius 2 is 2.33 bits per heavy atom. The van der Waals surface area contributed by atoms with E-state index >= 15 is 0 Å². The van der Waals surface area contributed by atoms with Crippen molar-refractivity contribution in [3.05, 3.63) is 29.6 Å². The molecular weight excluding hydrogens is 232 g/mol. The topological polar surface area (TPSA) is 94.0 Å². The third-order valence-electron chi connectivity index (χ3n) is 2.97. The first-order chi connectivity index (χ1) is 8.75. The molecule has 0 spiro atoms. The Morgan fingerprint density at radius 1 is 1.44 bits per heavy atom. The van der Waals surface area contributed by atoms with Gasteiger partial charge in [-0.25, -0.2) is 0 Å². The van der Waals surface area contributed by atoms with Gasteiger partial charge in [0.25, 0.3) is 17.6 Å². The molecule has 2 heterocycles. The quantitative estimate of drug-likeness (QED) is 0.827. The maximum atomic E-state index is 11.0. The second-order valence-electron chi connectivity index (χ2n) is 4.15. The molecule has 2 aromatic rings. The monoisotopic (exact) mass is 244 g/mol. The van der Waals surface area contributed by atoms with Crippen LogP contribution in [0.1, 0.15) is 22.6 Å². The highest BCUT2D eigenvalue weighted by molar-refractivity contribution is 5.89. The second-order valence-corrected chi connectivity index (χ2v) is 4.15. The van der Waals surface area contributed by atoms with Gasteiger partial charge in [-0.2, -0.15) is 4.98 Å². The van der Waals surface area contributed by atoms with Gasteiger partial charge in [0.15, 0.2) is 0 Å². The van der Waals surface area contributed by atoms with E-state index in [1.54, 1.807) is 0 Å². The number of rotatable bonds is 2. The summed E-state index contributed by atoms with van der Waals surface area (Å²) in [6.07, 6.45) is 2.01. The summed E-state index contributed by atoms with van der Waals surface area (Å²) in [5.41, 5.74) is 8.19. The smallest absolute Gasteiger partial charge is 0.290 e. The van der Waals surface area contributed by atoms with Gasteiger partial charge < -0.3 is 15.6 Å². The van der Waals surface area contributed by atoms with Crippen molar-refractivity contribution < 1.29 is 9.32 Å². The zero-order valence-electron chi connectivity index (χ0n) is 9.64. The van der Waals surface area contributed by atoms with Crippen LogP contribution < -0.4 is 11.1 Å². The predicted molar refractivity (Wildman–Crippen MR) is 65.1 cm³/mol. The molecule has 0 atom stereocenters. The number of nitrogens with one attached hydrogen (secondary N) is 1. The number of hydrogen-bond donors (Lipinski definition) is 2. The summed E-state index contributed by atoms with van der Waals surface area (Å²) in [6.45, 7) is 0.965. The molecule has 6 nitrogen and oxygen atoms in total. The third-order valence-corrected chi connectivity index (χ3v) is 2.97. The maximum absolute atomic E-state index is 11.0. The summed E-state index contributed by atoms with van der Waals surface area (Å²) in [5, 5.41) is 6.88. The number of carbonyl (C=O) groups excluding carboxylic acids is 1. The van der Waals surface area contributed by atoms with Crippen LogP contribution in [-0.4, -0.2) is 22.6 Å². The number of primary amides is 1. The van der Waals surface area contributed by atoms with Crippen molar-refractivity contribution in [1.82, 2.24) is 10.1 Å². The fourth-order valence-corrected chi connectivity index (χ4v) is 2.14. The minimum atomic E-state index is -0.687. The molecule has 18 heavy (non-hydrogen) atoms. The summed E-state index contributed by atoms with van der Waals surface area (Å²) < 4.78 is 5.09. The number of carbonyl (C=O) groups is 1. The number of fused-ring (bicyclic) bond motifs is 1. The number of hydrogen-bond acceptors (Lipinski definition) is 5. The minimum Gasteiger partial charge on any atom is -0.385 e. The Morgan fingerprint density at radius 3 is 3.11 bits per heavy atom. The fourth-order valence-electron chi connectivity index (χ4n) is 2.14. The average Bonchev–Trinajstić information content (AvgIpc) is 2.87. The summed E-state index contributed by atoms with van der Waals surface area (Å²) >= 11 is 0. The number of anilines is 1. The van der Waals surface area contributed by atoms with Gasteiger partial charge in [0.05, 0.1) is 0 Å². The Labute approximate surface area is 103 Å². The molecule has 0 bridgehead atoms. The molecule has 0 unspecified atom stereocenters. The van der Waals surface area contributed by atoms with Crippen molar-refractivity contribution in [1.29, 1.82) is 0 Å². The molecule has 0 fully saturated rings. The normalized spacial score (nSPS) is 13.8. The summed E-state index contributed by atoms with van der Waals surface area (Å²) in [5.74, 6) is -0.441. The average molecular weight is 244 g/mol. The molecule has 3 N–H and O–H groups in total. The Kier molecular flexibility index (Phi) is 2.47. The lowest BCUT2D eigenvalue weighted by molar-refractivity contribution is 0.0987. The van der Waals surface area contributed by atoms with Crippen LogP contribution in [0.4, 0.5) is 5.69 Å². The van der Waals surface area contributed by atoms with E-state index in [4.69, 9.17) is 10.3 Å². The van der Waals surface area contributed by atoms with E-state index in [9.17, 15) is 4.79 Å². The lowest BCUT2D eigenvalue weighted by atomic mass is 9.97. The van der Waals surface area contributed by atoms with Gasteiger partial charge in [0.1, 0.15) is 0 Å². The van der Waals surface area contributed by atoms with Gasteiger partial charge in [0, 0.05) is 17.8 Å². The van der Waals surface area contributed by atoms with Gasteiger partial charge in [-0.3, -0.25) is 4.79 Å². The second kappa shape index (κ2) is 4.14. The van der Waals surface area contributed by atoms with Crippen LogP contribution >= 0.6 is 0 Å². The van der Waals surface area contributed by atoms with Crippen LogP contribution in [0, 0.1) is 0 Å². The predicted octanol–water partition coefficient (Wildman–Crippen LogP) is 1.19. The van der Waals surface area contributed by atoms with Gasteiger partial charge in [-0.05, 0) is 30.5 Å². The van der Waals surface area contributed by atoms with Crippen LogP contribution in [0.25, 0.3) is 11.5 Å². The standard InChI is InChI=1S/C12H12N4O2/c13-10(17)11-15-12(18-16-11)8-3-1-5-9-7(8)4-2-6-14-9/h1,3,5,14H,2,4,6H2,(H2,13,17). The van der Waals surface area contributed by atoms with Crippen LogP contribution in [0.15, 0.2) is 22.7 Å². The van der Waals surface area contributed by atoms with E-state index in [1.807, 2.05) is 18.2 Å². The Bertz CT molecular complexity index is 606. The highest BCUT2D eigenvalue weighted by atomic mass is 16.5. The summed E-state index contributed by atoms with van der Waals surface area (Å²) in [6, 6.07) is 5.84. The van der Waals surface area contributed by atoms with Crippen molar-refractivity contribution in [3.8, 4) is 11.5 Å². The van der Waals surface area contributed by atoms with E-state index in [-0.39, 0.29) is 5.82 Å². The highest BCUT2D eigenvalue weighted by Gasteiger charge is 2.19. The lowest BCUT2D eigenvalue weighted by Gasteiger charge is -2.19. The summed E-state index contributed by atoms with van der Waals surface area (Å²) in [7, 11) is 0. The zero-order chi connectivity index (χ0) is 12.5. The van der Waals surface area contributed by atoms with E-state index in [2.05, 4.69) is 15.5 Å². The highest BCUT2D eigenvalue weighted by Crippen LogP contribution is 2.31. The molecular formula is C12H12N4O2. The Hall–Kier alpha value is -2.37. The number of amides is 1. The SMILES string of the molecule is NC(=O)c1noc(-c2cccc3c2CCCN3)n1. The molecule has 3 rings (SSSR count). The molecule has 0 aliphatic carbocycles. The van der Waals surface area contributed by atoms with Gasteiger partial charge in [-0.15, -0.1) is 0 Å². The molecule has 1 aliphatic heterocycles. The number of benzene rings is 1. The molecule has 1 aromatic carbocycles. The molecule has 1 amide bonds. The zero-order valence-corrected chi connectivity index (χ0v) is 9.64. The van der Waals surface area contributed by atoms with Crippen molar-refractivity contribution in [2.75, 3.05) is 11.9 Å². The first-order valence-electron chi connectivity index (χ1n) is 5.75. The van der Waals surface area contributed by atoms with Gasteiger partial charge in [-0.1, -0.05) is 11.2 Å². The number of nitrogens with zero attached hydrogens (tertiary/aromatic N) is 2. The van der Waals surface area contributed by atoms with Crippen LogP contribution in [0.2, 0.25) is 0 Å². The van der Waals surface area contributed by atoms with E-state index in [0.29, 0.717) is 5.89 Å². The molecule has 92 valence electrons. The Balaban J connectivity index is 2.08. The van der Waals surface area contributed by atoms with E-state index in [0.717, 1.165) is 36.2 Å². The molecule has 0 radical (unpaired) electrons. The largest absolute Gasteiger partial charge is 0.385 e. The van der Waals surface area contributed by atoms with Crippen LogP contribution in [0.5, 0.6) is 0 Å². The lowest BCUT2D eigenvalue weighted by Crippen LogP contribution is -2.13. The van der Waals surface area contributed by atoms with Crippen molar-refractivity contribution in [2.45, 2.75) is 12.8 Å². The third kappa shape index (κ3) is 1.71. The summed E-state index contributed by atoms with van der Waals surface area (Å²) in [4.78, 5) is 15.0. The number of nitrogens with two attached hydrogens (primary N) is 1. The first-order valence-corrected chi connectivity index (χ1v) is 5.75. The maximum Gasteiger partial charge on any atom is 0.290 e. The molecule has 0 saturated carbocycles. The number of aromatic nitrogens is 2. The minimum absolute atomic E-state index is 0.0913. The van der Waals surface area contributed by atoms with Crippen LogP contribution in [-0.2, 0) is 6.42 Å². The molecule has 1 aromatic heterocycles. The van der Waals surface area contributed by atoms with Crippen molar-refractivity contribution in [2.24, 2.45) is 5.73 Å². The van der Waals surface area contributed by atoms with E-state index in [1.165, 1.54) is 0 Å². The molecule has 1 aliphatic rings. The first kappa shape index (κ1) is 10.8. The van der Waals surface area contributed by atoms with Gasteiger partial charge in [0.2, 0.25) is 0 Å².